The SMILES string of the molecule is c1ccc(-c2nc(-c3ccc(-c4ccc5oc6c7ccccc7c7nc8ccccc8n7c6c5c4)cc3)cc(-c3ccc(-c4cncc5ccccc45)cc3)n2)cc1. The molecule has 0 aliphatic rings. The van der Waals surface area contributed by atoms with E-state index < -0.39 is 0 Å². The number of hydrogen-bond acceptors (Lipinski definition) is 5. The summed E-state index contributed by atoms with van der Waals surface area (Å²) in [5.74, 6) is 0.683. The Morgan fingerprint density at radius 2 is 1.07 bits per heavy atom. The first-order chi connectivity index (χ1) is 28.7. The lowest BCUT2D eigenvalue weighted by molar-refractivity contribution is 0.672. The molecule has 270 valence electrons. The van der Waals surface area contributed by atoms with Crippen LogP contribution >= 0.6 is 0 Å². The van der Waals surface area contributed by atoms with Crippen LogP contribution in [0.4, 0.5) is 0 Å². The van der Waals surface area contributed by atoms with Crippen molar-refractivity contribution in [3.05, 3.63) is 188 Å². The van der Waals surface area contributed by atoms with Crippen LogP contribution in [0.3, 0.4) is 0 Å². The van der Waals surface area contributed by atoms with Crippen molar-refractivity contribution in [2.75, 3.05) is 0 Å². The normalized spacial score (nSPS) is 11.8. The fourth-order valence-electron chi connectivity index (χ4n) is 8.44. The summed E-state index contributed by atoms with van der Waals surface area (Å²) >= 11 is 0. The molecule has 5 aromatic heterocycles. The molecule has 58 heavy (non-hydrogen) atoms. The largest absolute Gasteiger partial charge is 0.454 e. The van der Waals surface area contributed by atoms with Crippen molar-refractivity contribution in [2.24, 2.45) is 0 Å². The molecule has 0 unspecified atom stereocenters. The van der Waals surface area contributed by atoms with Crippen LogP contribution in [0.2, 0.25) is 0 Å². The lowest BCUT2D eigenvalue weighted by Gasteiger charge is -2.11. The first kappa shape index (κ1) is 32.3. The van der Waals surface area contributed by atoms with Gasteiger partial charge in [-0.15, -0.1) is 0 Å². The summed E-state index contributed by atoms with van der Waals surface area (Å²) in [6, 6.07) is 61.0. The van der Waals surface area contributed by atoms with Gasteiger partial charge in [0.05, 0.1) is 22.4 Å². The summed E-state index contributed by atoms with van der Waals surface area (Å²) < 4.78 is 8.90. The van der Waals surface area contributed by atoms with E-state index in [0.717, 1.165) is 105 Å². The van der Waals surface area contributed by atoms with Gasteiger partial charge in [0, 0.05) is 56.2 Å². The zero-order chi connectivity index (χ0) is 38.2. The number of benzene rings is 7. The maximum Gasteiger partial charge on any atom is 0.160 e. The molecule has 12 aromatic rings. The van der Waals surface area contributed by atoms with E-state index in [1.54, 1.807) is 0 Å². The maximum absolute atomic E-state index is 6.64. The highest BCUT2D eigenvalue weighted by molar-refractivity contribution is 6.19. The van der Waals surface area contributed by atoms with Crippen LogP contribution in [-0.2, 0) is 0 Å². The second kappa shape index (κ2) is 12.8. The number of fused-ring (bicyclic) bond motifs is 11. The average molecular weight is 742 g/mol. The summed E-state index contributed by atoms with van der Waals surface area (Å²) in [5.41, 5.74) is 14.8. The van der Waals surface area contributed by atoms with Gasteiger partial charge in [0.1, 0.15) is 16.7 Å². The molecule has 0 aliphatic heterocycles. The number of aromatic nitrogens is 5. The lowest BCUT2D eigenvalue weighted by Crippen LogP contribution is -1.96. The molecule has 6 nitrogen and oxygen atoms in total. The Kier molecular flexibility index (Phi) is 7.13. The summed E-state index contributed by atoms with van der Waals surface area (Å²) in [5, 5.41) is 5.47. The number of nitrogens with zero attached hydrogens (tertiary/aromatic N) is 5. The summed E-state index contributed by atoms with van der Waals surface area (Å²) in [6.07, 6.45) is 3.85. The predicted molar refractivity (Wildman–Crippen MR) is 236 cm³/mol. The molecule has 0 atom stereocenters. The quantitative estimate of drug-likeness (QED) is 0.176. The van der Waals surface area contributed by atoms with Gasteiger partial charge in [-0.05, 0) is 52.4 Å². The van der Waals surface area contributed by atoms with E-state index in [4.69, 9.17) is 19.4 Å². The number of para-hydroxylation sites is 2. The van der Waals surface area contributed by atoms with Gasteiger partial charge in [-0.25, -0.2) is 15.0 Å². The van der Waals surface area contributed by atoms with Crippen LogP contribution in [0.1, 0.15) is 0 Å². The fraction of sp³-hybridized carbons (Fsp3) is 0. The summed E-state index contributed by atoms with van der Waals surface area (Å²) in [4.78, 5) is 19.8. The Labute approximate surface area is 332 Å². The second-order valence-electron chi connectivity index (χ2n) is 14.7. The number of imidazole rings is 1. The highest BCUT2D eigenvalue weighted by Gasteiger charge is 2.20. The first-order valence-corrected chi connectivity index (χ1v) is 19.4. The number of rotatable bonds is 5. The highest BCUT2D eigenvalue weighted by Crippen LogP contribution is 2.40. The first-order valence-electron chi connectivity index (χ1n) is 19.4. The van der Waals surface area contributed by atoms with Gasteiger partial charge in [0.15, 0.2) is 11.4 Å². The van der Waals surface area contributed by atoms with Crippen molar-refractivity contribution < 1.29 is 4.42 Å². The minimum Gasteiger partial charge on any atom is -0.454 e. The van der Waals surface area contributed by atoms with E-state index in [9.17, 15) is 0 Å². The zero-order valence-corrected chi connectivity index (χ0v) is 31.0. The molecule has 7 aromatic carbocycles. The number of pyridine rings is 2. The van der Waals surface area contributed by atoms with Gasteiger partial charge < -0.3 is 4.42 Å². The van der Waals surface area contributed by atoms with E-state index in [0.29, 0.717) is 5.82 Å². The Morgan fingerprint density at radius 1 is 0.431 bits per heavy atom. The molecule has 5 heterocycles. The summed E-state index contributed by atoms with van der Waals surface area (Å²) in [7, 11) is 0. The second-order valence-corrected chi connectivity index (χ2v) is 14.7. The van der Waals surface area contributed by atoms with Gasteiger partial charge >= 0.3 is 0 Å². The van der Waals surface area contributed by atoms with E-state index in [1.807, 2.05) is 42.7 Å². The third kappa shape index (κ3) is 5.12. The molecule has 0 fully saturated rings. The van der Waals surface area contributed by atoms with Crippen molar-refractivity contribution in [2.45, 2.75) is 0 Å². The molecule has 0 saturated carbocycles. The smallest absolute Gasteiger partial charge is 0.160 e. The van der Waals surface area contributed by atoms with Gasteiger partial charge in [0.25, 0.3) is 0 Å². The van der Waals surface area contributed by atoms with Crippen molar-refractivity contribution in [3.8, 4) is 56.2 Å². The molecule has 0 aliphatic carbocycles. The molecule has 12 rings (SSSR count). The molecule has 0 radical (unpaired) electrons. The molecule has 0 saturated heterocycles. The topological polar surface area (TPSA) is 69.1 Å². The van der Waals surface area contributed by atoms with E-state index in [2.05, 4.69) is 155 Å². The monoisotopic (exact) mass is 741 g/mol. The third-order valence-corrected chi connectivity index (χ3v) is 11.3. The maximum atomic E-state index is 6.64. The molecule has 6 heteroatoms. The van der Waals surface area contributed by atoms with Crippen LogP contribution in [0.5, 0.6) is 0 Å². The van der Waals surface area contributed by atoms with Crippen LogP contribution in [0.15, 0.2) is 193 Å². The minimum atomic E-state index is 0.683. The predicted octanol–water partition coefficient (Wildman–Crippen LogP) is 13.2. The van der Waals surface area contributed by atoms with E-state index >= 15 is 0 Å². The molecule has 0 bridgehead atoms. The van der Waals surface area contributed by atoms with Crippen molar-refractivity contribution in [1.82, 2.24) is 24.3 Å². The highest BCUT2D eigenvalue weighted by atomic mass is 16.3. The molecule has 0 amide bonds. The van der Waals surface area contributed by atoms with Crippen LogP contribution in [0, 0.1) is 0 Å². The van der Waals surface area contributed by atoms with E-state index in [1.165, 1.54) is 5.39 Å². The van der Waals surface area contributed by atoms with Crippen molar-refractivity contribution in [1.29, 1.82) is 0 Å². The van der Waals surface area contributed by atoms with Crippen molar-refractivity contribution in [3.63, 3.8) is 0 Å². The average Bonchev–Trinajstić information content (AvgIpc) is 3.88. The minimum absolute atomic E-state index is 0.683. The van der Waals surface area contributed by atoms with Gasteiger partial charge in [-0.1, -0.05) is 146 Å². The Morgan fingerprint density at radius 3 is 1.86 bits per heavy atom. The van der Waals surface area contributed by atoms with Crippen LogP contribution < -0.4 is 0 Å². The number of hydrogen-bond donors (Lipinski definition) is 0. The Hall–Kier alpha value is -7.96. The number of furan rings is 1. The van der Waals surface area contributed by atoms with Gasteiger partial charge in [0.2, 0.25) is 0 Å². The lowest BCUT2D eigenvalue weighted by atomic mass is 9.98. The van der Waals surface area contributed by atoms with Crippen LogP contribution in [-0.4, -0.2) is 24.3 Å². The molecule has 0 N–H and O–H groups in total. The standard InChI is InChI=1S/C52H31N5O/c1-2-10-36(11-3-1)51-54-45(29-46(55-51)35-24-20-33(21-25-35)43-31-53-30-38-12-4-5-13-39(38)43)34-22-18-32(19-23-34)37-26-27-48-42(28-37)49-50(58-48)40-14-6-7-15-41(40)52-56-44-16-8-9-17-47(44)57(49)52/h1-31H. The van der Waals surface area contributed by atoms with Gasteiger partial charge in [-0.2, -0.15) is 0 Å². The summed E-state index contributed by atoms with van der Waals surface area (Å²) in [6.45, 7) is 0. The zero-order valence-electron chi connectivity index (χ0n) is 31.0. The third-order valence-electron chi connectivity index (χ3n) is 11.3. The fourth-order valence-corrected chi connectivity index (χ4v) is 8.44. The molecule has 0 spiro atoms. The molecular weight excluding hydrogens is 711 g/mol. The Bertz CT molecular complexity index is 3550. The molecular formula is C52H31N5O. The van der Waals surface area contributed by atoms with Crippen molar-refractivity contribution >= 4 is 60.3 Å². The van der Waals surface area contributed by atoms with E-state index in [-0.39, 0.29) is 0 Å². The van der Waals surface area contributed by atoms with Crippen LogP contribution in [0.25, 0.3) is 116 Å². The Balaban J connectivity index is 0.951. The van der Waals surface area contributed by atoms with Gasteiger partial charge in [-0.3, -0.25) is 9.38 Å².